The third-order valence-electron chi connectivity index (χ3n) is 2.78. The predicted octanol–water partition coefficient (Wildman–Crippen LogP) is -0.815. The van der Waals surface area contributed by atoms with Gasteiger partial charge in [-0.1, -0.05) is 0 Å². The van der Waals surface area contributed by atoms with E-state index in [1.807, 2.05) is 0 Å². The van der Waals surface area contributed by atoms with Crippen LogP contribution in [0.2, 0.25) is 0 Å². The SMILES string of the molecule is CC(=O)N(C)C(C)C(=O)N(C)C(C)C(N)=O. The zero-order valence-electron chi connectivity index (χ0n) is 10.4. The standard InChI is InChI=1S/C10H19N3O3/c1-6(9(11)15)13(5)10(16)7(2)12(4)8(3)14/h6-7H,1-5H3,(H2,11,15). The van der Waals surface area contributed by atoms with Crippen LogP contribution in [-0.2, 0) is 14.4 Å². The maximum Gasteiger partial charge on any atom is 0.245 e. The molecule has 0 aliphatic heterocycles. The number of hydrogen-bond acceptors (Lipinski definition) is 3. The number of amides is 3. The van der Waals surface area contributed by atoms with Gasteiger partial charge in [-0.15, -0.1) is 0 Å². The highest BCUT2D eigenvalue weighted by Crippen LogP contribution is 2.04. The third-order valence-corrected chi connectivity index (χ3v) is 2.78. The Morgan fingerprint density at radius 2 is 1.44 bits per heavy atom. The van der Waals surface area contributed by atoms with Crippen LogP contribution in [0, 0.1) is 0 Å². The first-order valence-corrected chi connectivity index (χ1v) is 4.99. The first-order chi connectivity index (χ1) is 7.20. The van der Waals surface area contributed by atoms with E-state index in [-0.39, 0.29) is 11.8 Å². The summed E-state index contributed by atoms with van der Waals surface area (Å²) in [5.41, 5.74) is 5.10. The van der Waals surface area contributed by atoms with E-state index in [1.54, 1.807) is 13.8 Å². The van der Waals surface area contributed by atoms with Gasteiger partial charge < -0.3 is 15.5 Å². The molecule has 0 aromatic heterocycles. The van der Waals surface area contributed by atoms with Crippen LogP contribution in [0.4, 0.5) is 0 Å². The van der Waals surface area contributed by atoms with E-state index in [0.29, 0.717) is 0 Å². The zero-order valence-corrected chi connectivity index (χ0v) is 10.4. The fourth-order valence-corrected chi connectivity index (χ4v) is 1.11. The number of carbonyl (C=O) groups is 3. The Labute approximate surface area is 95.4 Å². The second kappa shape index (κ2) is 5.48. The van der Waals surface area contributed by atoms with Crippen molar-refractivity contribution >= 4 is 17.7 Å². The summed E-state index contributed by atoms with van der Waals surface area (Å²) in [4.78, 5) is 36.4. The molecular formula is C10H19N3O3. The van der Waals surface area contributed by atoms with Crippen molar-refractivity contribution in [2.24, 2.45) is 5.73 Å². The van der Waals surface area contributed by atoms with Gasteiger partial charge in [0, 0.05) is 21.0 Å². The van der Waals surface area contributed by atoms with E-state index < -0.39 is 18.0 Å². The summed E-state index contributed by atoms with van der Waals surface area (Å²) in [5.74, 6) is -1.10. The van der Waals surface area contributed by atoms with E-state index in [1.165, 1.54) is 30.8 Å². The van der Waals surface area contributed by atoms with E-state index in [4.69, 9.17) is 5.73 Å². The fraction of sp³-hybridized carbons (Fsp3) is 0.700. The quantitative estimate of drug-likeness (QED) is 0.684. The maximum atomic E-state index is 11.9. The molecule has 0 aliphatic rings. The summed E-state index contributed by atoms with van der Waals surface area (Å²) in [7, 11) is 3.02. The number of nitrogens with two attached hydrogens (primary N) is 1. The average molecular weight is 229 g/mol. The van der Waals surface area contributed by atoms with Crippen LogP contribution in [-0.4, -0.2) is 53.7 Å². The van der Waals surface area contributed by atoms with Crippen molar-refractivity contribution in [2.75, 3.05) is 14.1 Å². The summed E-state index contributed by atoms with van der Waals surface area (Å²) >= 11 is 0. The highest BCUT2D eigenvalue weighted by atomic mass is 16.2. The van der Waals surface area contributed by atoms with Crippen molar-refractivity contribution in [3.8, 4) is 0 Å². The molecule has 92 valence electrons. The Morgan fingerprint density at radius 3 is 1.75 bits per heavy atom. The molecule has 0 saturated heterocycles. The smallest absolute Gasteiger partial charge is 0.245 e. The number of carbonyl (C=O) groups excluding carboxylic acids is 3. The van der Waals surface area contributed by atoms with Crippen molar-refractivity contribution in [3.05, 3.63) is 0 Å². The lowest BCUT2D eigenvalue weighted by Crippen LogP contribution is -2.51. The minimum absolute atomic E-state index is 0.207. The Bertz CT molecular complexity index is 276. The molecule has 0 heterocycles. The molecule has 0 spiro atoms. The van der Waals surface area contributed by atoms with Gasteiger partial charge in [0.2, 0.25) is 17.7 Å². The lowest BCUT2D eigenvalue weighted by molar-refractivity contribution is -0.145. The van der Waals surface area contributed by atoms with E-state index >= 15 is 0 Å². The zero-order chi connectivity index (χ0) is 13.0. The first kappa shape index (κ1) is 14.4. The molecule has 0 bridgehead atoms. The molecule has 16 heavy (non-hydrogen) atoms. The molecule has 6 nitrogen and oxygen atoms in total. The lowest BCUT2D eigenvalue weighted by atomic mass is 10.2. The Kier molecular flexibility index (Phi) is 4.94. The van der Waals surface area contributed by atoms with Gasteiger partial charge in [0.1, 0.15) is 12.1 Å². The van der Waals surface area contributed by atoms with E-state index in [0.717, 1.165) is 0 Å². The molecule has 2 unspecified atom stereocenters. The van der Waals surface area contributed by atoms with Gasteiger partial charge in [-0.2, -0.15) is 0 Å². The molecule has 0 aromatic rings. The molecular weight excluding hydrogens is 210 g/mol. The predicted molar refractivity (Wildman–Crippen MR) is 59.3 cm³/mol. The molecule has 0 saturated carbocycles. The molecule has 6 heteroatoms. The molecule has 2 N–H and O–H groups in total. The number of hydrogen-bond donors (Lipinski definition) is 1. The summed E-state index contributed by atoms with van der Waals surface area (Å²) < 4.78 is 0. The van der Waals surface area contributed by atoms with E-state index in [2.05, 4.69) is 0 Å². The second-order valence-electron chi connectivity index (χ2n) is 3.83. The minimum Gasteiger partial charge on any atom is -0.368 e. The van der Waals surface area contributed by atoms with Crippen LogP contribution in [0.15, 0.2) is 0 Å². The third kappa shape index (κ3) is 3.22. The summed E-state index contributed by atoms with van der Waals surface area (Å²) in [6.07, 6.45) is 0. The molecule has 0 fully saturated rings. The van der Waals surface area contributed by atoms with Crippen LogP contribution >= 0.6 is 0 Å². The van der Waals surface area contributed by atoms with E-state index in [9.17, 15) is 14.4 Å². The normalized spacial score (nSPS) is 13.8. The molecule has 2 atom stereocenters. The largest absolute Gasteiger partial charge is 0.368 e. The summed E-state index contributed by atoms with van der Waals surface area (Å²) in [5, 5.41) is 0. The van der Waals surface area contributed by atoms with Crippen molar-refractivity contribution in [1.82, 2.24) is 9.80 Å². The Hall–Kier alpha value is -1.59. The average Bonchev–Trinajstić information content (AvgIpc) is 2.23. The first-order valence-electron chi connectivity index (χ1n) is 4.99. The molecule has 0 radical (unpaired) electrons. The molecule has 0 aliphatic carbocycles. The summed E-state index contributed by atoms with van der Waals surface area (Å²) in [6, 6.07) is -1.29. The lowest BCUT2D eigenvalue weighted by Gasteiger charge is -2.29. The topological polar surface area (TPSA) is 83.7 Å². The van der Waals surface area contributed by atoms with Crippen LogP contribution in [0.25, 0.3) is 0 Å². The van der Waals surface area contributed by atoms with Gasteiger partial charge >= 0.3 is 0 Å². The van der Waals surface area contributed by atoms with Gasteiger partial charge in [0.25, 0.3) is 0 Å². The number of primary amides is 1. The highest BCUT2D eigenvalue weighted by molar-refractivity contribution is 5.90. The maximum absolute atomic E-state index is 11.9. The Balaban J connectivity index is 4.67. The van der Waals surface area contributed by atoms with Crippen LogP contribution in [0.5, 0.6) is 0 Å². The van der Waals surface area contributed by atoms with Crippen LogP contribution in [0.3, 0.4) is 0 Å². The van der Waals surface area contributed by atoms with Crippen molar-refractivity contribution in [3.63, 3.8) is 0 Å². The highest BCUT2D eigenvalue weighted by Gasteiger charge is 2.27. The van der Waals surface area contributed by atoms with Crippen molar-refractivity contribution in [1.29, 1.82) is 0 Å². The van der Waals surface area contributed by atoms with Crippen molar-refractivity contribution in [2.45, 2.75) is 32.9 Å². The molecule has 0 rings (SSSR count). The monoisotopic (exact) mass is 229 g/mol. The second-order valence-corrected chi connectivity index (χ2v) is 3.83. The van der Waals surface area contributed by atoms with Gasteiger partial charge in [0.15, 0.2) is 0 Å². The number of rotatable bonds is 4. The number of nitrogens with zero attached hydrogens (tertiary/aromatic N) is 2. The van der Waals surface area contributed by atoms with Gasteiger partial charge in [-0.05, 0) is 13.8 Å². The van der Waals surface area contributed by atoms with Crippen molar-refractivity contribution < 1.29 is 14.4 Å². The molecule has 3 amide bonds. The van der Waals surface area contributed by atoms with Gasteiger partial charge in [0.05, 0.1) is 0 Å². The van der Waals surface area contributed by atoms with Gasteiger partial charge in [-0.3, -0.25) is 14.4 Å². The van der Waals surface area contributed by atoms with Crippen LogP contribution in [0.1, 0.15) is 20.8 Å². The molecule has 0 aromatic carbocycles. The summed E-state index contributed by atoms with van der Waals surface area (Å²) in [6.45, 7) is 4.52. The van der Waals surface area contributed by atoms with Gasteiger partial charge in [-0.25, -0.2) is 0 Å². The number of likely N-dealkylation sites (N-methyl/N-ethyl adjacent to an activating group) is 2. The minimum atomic E-state index is -0.685. The van der Waals surface area contributed by atoms with Crippen LogP contribution < -0.4 is 5.73 Å². The fourth-order valence-electron chi connectivity index (χ4n) is 1.11. The Morgan fingerprint density at radius 1 is 1.00 bits per heavy atom.